The molecule has 9 N–H and O–H groups in total. The number of nitrogens with one attached hydrogen (secondary N) is 4. The first-order chi connectivity index (χ1) is 15.4. The SMILES string of the molecule is CC(C)C(NC(=O)C1CCCN1)C(=O)NC(C(=O)NC(CCCN=C(N)N)C(=O)O)C(C)C. The van der Waals surface area contributed by atoms with Gasteiger partial charge in [-0.25, -0.2) is 4.79 Å². The van der Waals surface area contributed by atoms with E-state index in [1.807, 2.05) is 0 Å². The number of guanidine groups is 1. The minimum absolute atomic E-state index is 0.0935. The van der Waals surface area contributed by atoms with Crippen molar-refractivity contribution in [1.82, 2.24) is 21.3 Å². The summed E-state index contributed by atoms with van der Waals surface area (Å²) in [7, 11) is 0. The molecule has 4 atom stereocenters. The molecule has 188 valence electrons. The molecular weight excluding hydrogens is 430 g/mol. The number of carbonyl (C=O) groups is 4. The number of carbonyl (C=O) groups excluding carboxylic acids is 3. The molecule has 1 saturated heterocycles. The first-order valence-electron chi connectivity index (χ1n) is 11.4. The van der Waals surface area contributed by atoms with Gasteiger partial charge in [-0.3, -0.25) is 19.4 Å². The van der Waals surface area contributed by atoms with E-state index >= 15 is 0 Å². The van der Waals surface area contributed by atoms with Crippen molar-refractivity contribution in [1.29, 1.82) is 0 Å². The summed E-state index contributed by atoms with van der Waals surface area (Å²) in [5.41, 5.74) is 10.5. The first kappa shape index (κ1) is 28.1. The Labute approximate surface area is 194 Å². The van der Waals surface area contributed by atoms with E-state index in [1.165, 1.54) is 0 Å². The Balaban J connectivity index is 2.80. The average Bonchev–Trinajstić information content (AvgIpc) is 3.26. The lowest BCUT2D eigenvalue weighted by Crippen LogP contribution is -2.59. The molecule has 0 aromatic heterocycles. The molecule has 1 heterocycles. The Morgan fingerprint density at radius 1 is 1.00 bits per heavy atom. The second-order valence-electron chi connectivity index (χ2n) is 8.96. The van der Waals surface area contributed by atoms with Crippen molar-refractivity contribution in [3.05, 3.63) is 0 Å². The summed E-state index contributed by atoms with van der Waals surface area (Å²) in [6.45, 7) is 8.07. The lowest BCUT2D eigenvalue weighted by molar-refractivity contribution is -0.143. The highest BCUT2D eigenvalue weighted by atomic mass is 16.4. The third kappa shape index (κ3) is 9.64. The summed E-state index contributed by atoms with van der Waals surface area (Å²) in [6, 6.07) is -3.29. The van der Waals surface area contributed by atoms with Gasteiger partial charge >= 0.3 is 5.97 Å². The van der Waals surface area contributed by atoms with Crippen LogP contribution in [0.4, 0.5) is 0 Å². The molecule has 0 aromatic rings. The van der Waals surface area contributed by atoms with Crippen molar-refractivity contribution in [2.75, 3.05) is 13.1 Å². The second-order valence-corrected chi connectivity index (χ2v) is 8.96. The van der Waals surface area contributed by atoms with Gasteiger partial charge in [0.15, 0.2) is 5.96 Å². The molecule has 1 aliphatic heterocycles. The van der Waals surface area contributed by atoms with Gasteiger partial charge in [0.25, 0.3) is 0 Å². The van der Waals surface area contributed by atoms with Crippen LogP contribution in [0.5, 0.6) is 0 Å². The van der Waals surface area contributed by atoms with Crippen LogP contribution in [-0.2, 0) is 19.2 Å². The van der Waals surface area contributed by atoms with Crippen molar-refractivity contribution in [3.8, 4) is 0 Å². The van der Waals surface area contributed by atoms with E-state index in [4.69, 9.17) is 11.5 Å². The number of nitrogens with two attached hydrogens (primary N) is 2. The Kier molecular flexibility index (Phi) is 11.6. The Morgan fingerprint density at radius 3 is 2.06 bits per heavy atom. The maximum absolute atomic E-state index is 13.0. The smallest absolute Gasteiger partial charge is 0.326 e. The van der Waals surface area contributed by atoms with Gasteiger partial charge in [0.1, 0.15) is 18.1 Å². The van der Waals surface area contributed by atoms with Crippen molar-refractivity contribution < 1.29 is 24.3 Å². The number of rotatable bonds is 13. The molecule has 4 unspecified atom stereocenters. The van der Waals surface area contributed by atoms with Gasteiger partial charge in [-0.15, -0.1) is 0 Å². The highest BCUT2D eigenvalue weighted by Gasteiger charge is 2.33. The number of hydrogen-bond donors (Lipinski definition) is 7. The number of carboxylic acid groups (broad SMARTS) is 1. The first-order valence-corrected chi connectivity index (χ1v) is 11.4. The van der Waals surface area contributed by atoms with E-state index in [0.29, 0.717) is 12.8 Å². The molecule has 12 heteroatoms. The Hall–Kier alpha value is -2.89. The van der Waals surface area contributed by atoms with Crippen LogP contribution < -0.4 is 32.7 Å². The van der Waals surface area contributed by atoms with E-state index < -0.39 is 35.9 Å². The van der Waals surface area contributed by atoms with Gasteiger partial charge in [-0.1, -0.05) is 27.7 Å². The van der Waals surface area contributed by atoms with Crippen LogP contribution in [0.1, 0.15) is 53.4 Å². The second kappa shape index (κ2) is 13.6. The zero-order valence-electron chi connectivity index (χ0n) is 19.9. The fourth-order valence-corrected chi connectivity index (χ4v) is 3.50. The average molecular weight is 470 g/mol. The fraction of sp³-hybridized carbons (Fsp3) is 0.762. The van der Waals surface area contributed by atoms with E-state index in [1.54, 1.807) is 27.7 Å². The minimum Gasteiger partial charge on any atom is -0.480 e. The summed E-state index contributed by atoms with van der Waals surface area (Å²) in [5.74, 6) is -3.18. The summed E-state index contributed by atoms with van der Waals surface area (Å²) >= 11 is 0. The monoisotopic (exact) mass is 469 g/mol. The third-order valence-corrected chi connectivity index (χ3v) is 5.43. The van der Waals surface area contributed by atoms with Crippen molar-refractivity contribution in [2.24, 2.45) is 28.3 Å². The molecule has 0 saturated carbocycles. The third-order valence-electron chi connectivity index (χ3n) is 5.43. The number of aliphatic imine (C=N–C) groups is 1. The van der Waals surface area contributed by atoms with Crippen LogP contribution in [0.25, 0.3) is 0 Å². The molecule has 0 aromatic carbocycles. The molecule has 1 fully saturated rings. The molecule has 0 aliphatic carbocycles. The highest BCUT2D eigenvalue weighted by molar-refractivity contribution is 5.94. The van der Waals surface area contributed by atoms with Crippen molar-refractivity contribution >= 4 is 29.7 Å². The van der Waals surface area contributed by atoms with Gasteiger partial charge in [0.2, 0.25) is 17.7 Å². The number of hydrogen-bond acceptors (Lipinski definition) is 6. The molecule has 0 bridgehead atoms. The lowest BCUT2D eigenvalue weighted by Gasteiger charge is -2.28. The van der Waals surface area contributed by atoms with Crippen LogP contribution in [0.2, 0.25) is 0 Å². The van der Waals surface area contributed by atoms with E-state index in [2.05, 4.69) is 26.3 Å². The normalized spacial score (nSPS) is 18.3. The van der Waals surface area contributed by atoms with Gasteiger partial charge < -0.3 is 37.8 Å². The predicted octanol–water partition coefficient (Wildman–Crippen LogP) is -1.36. The van der Waals surface area contributed by atoms with Gasteiger partial charge in [-0.2, -0.15) is 0 Å². The van der Waals surface area contributed by atoms with Crippen LogP contribution in [0, 0.1) is 11.8 Å². The number of carboxylic acids is 1. The standard InChI is InChI=1S/C21H39N7O5/c1-11(2)15(18(30)26-14(20(32)33)8-6-10-25-21(22)23)28-19(31)16(12(3)4)27-17(29)13-7-5-9-24-13/h11-16,24H,5-10H2,1-4H3,(H,26,30)(H,27,29)(H,28,31)(H,32,33)(H4,22,23,25). The Morgan fingerprint density at radius 2 is 1.58 bits per heavy atom. The predicted molar refractivity (Wildman–Crippen MR) is 124 cm³/mol. The maximum Gasteiger partial charge on any atom is 0.326 e. The molecule has 1 aliphatic rings. The molecule has 0 spiro atoms. The molecule has 3 amide bonds. The number of amides is 3. The minimum atomic E-state index is -1.20. The molecule has 1 rings (SSSR count). The molecular formula is C21H39N7O5. The van der Waals surface area contributed by atoms with E-state index in [9.17, 15) is 24.3 Å². The highest BCUT2D eigenvalue weighted by Crippen LogP contribution is 2.10. The van der Waals surface area contributed by atoms with E-state index in [0.717, 1.165) is 13.0 Å². The summed E-state index contributed by atoms with van der Waals surface area (Å²) in [5, 5.41) is 20.5. The summed E-state index contributed by atoms with van der Waals surface area (Å²) < 4.78 is 0. The number of aliphatic carboxylic acids is 1. The summed E-state index contributed by atoms with van der Waals surface area (Å²) in [6.07, 6.45) is 2.07. The quantitative estimate of drug-likeness (QED) is 0.0973. The largest absolute Gasteiger partial charge is 0.480 e. The van der Waals surface area contributed by atoms with Gasteiger partial charge in [-0.05, 0) is 44.1 Å². The van der Waals surface area contributed by atoms with Crippen LogP contribution in [0.15, 0.2) is 4.99 Å². The van der Waals surface area contributed by atoms with Gasteiger partial charge in [0.05, 0.1) is 6.04 Å². The van der Waals surface area contributed by atoms with Crippen LogP contribution >= 0.6 is 0 Å². The lowest BCUT2D eigenvalue weighted by atomic mass is 9.98. The zero-order valence-corrected chi connectivity index (χ0v) is 19.9. The van der Waals surface area contributed by atoms with Crippen molar-refractivity contribution in [3.63, 3.8) is 0 Å². The Bertz CT molecular complexity index is 716. The fourth-order valence-electron chi connectivity index (χ4n) is 3.50. The molecule has 12 nitrogen and oxygen atoms in total. The zero-order chi connectivity index (χ0) is 25.1. The van der Waals surface area contributed by atoms with Crippen LogP contribution in [-0.4, -0.2) is 72.0 Å². The van der Waals surface area contributed by atoms with Crippen LogP contribution in [0.3, 0.4) is 0 Å². The maximum atomic E-state index is 13.0. The van der Waals surface area contributed by atoms with Crippen molar-refractivity contribution in [2.45, 2.75) is 77.5 Å². The van der Waals surface area contributed by atoms with Gasteiger partial charge in [0, 0.05) is 6.54 Å². The summed E-state index contributed by atoms with van der Waals surface area (Å²) in [4.78, 5) is 53.7. The van der Waals surface area contributed by atoms with E-state index in [-0.39, 0.29) is 42.7 Å². The molecule has 33 heavy (non-hydrogen) atoms. The molecule has 0 radical (unpaired) electrons. The topological polar surface area (TPSA) is 201 Å². The number of nitrogens with zero attached hydrogens (tertiary/aromatic N) is 1.